The SMILES string of the molecule is Cc1nc(C)c(CN2C[C@H]3CNC[C@H]3C2)s1.Cl. The zero-order chi connectivity index (χ0) is 11.1. The van der Waals surface area contributed by atoms with Crippen LogP contribution in [0.25, 0.3) is 0 Å². The van der Waals surface area contributed by atoms with E-state index in [9.17, 15) is 0 Å². The predicted octanol–water partition coefficient (Wildman–Crippen LogP) is 1.83. The van der Waals surface area contributed by atoms with Crippen molar-refractivity contribution in [2.45, 2.75) is 20.4 Å². The molecule has 1 N–H and O–H groups in total. The van der Waals surface area contributed by atoms with Crippen LogP contribution in [0.4, 0.5) is 0 Å². The van der Waals surface area contributed by atoms with Crippen LogP contribution >= 0.6 is 23.7 Å². The topological polar surface area (TPSA) is 28.2 Å². The van der Waals surface area contributed by atoms with Crippen molar-refractivity contribution in [2.24, 2.45) is 11.8 Å². The zero-order valence-corrected chi connectivity index (χ0v) is 12.0. The lowest BCUT2D eigenvalue weighted by atomic mass is 10.0. The predicted molar refractivity (Wildman–Crippen MR) is 74.0 cm³/mol. The van der Waals surface area contributed by atoms with E-state index >= 15 is 0 Å². The van der Waals surface area contributed by atoms with Crippen LogP contribution in [0.15, 0.2) is 0 Å². The standard InChI is InChI=1S/C12H19N3S.ClH/c1-8-12(16-9(2)14-8)7-15-5-10-3-13-4-11(10)6-15;/h10-11,13H,3-7H2,1-2H3;1H/t10-,11+;. The van der Waals surface area contributed by atoms with Crippen molar-refractivity contribution >= 4 is 23.7 Å². The lowest BCUT2D eigenvalue weighted by molar-refractivity contribution is 0.307. The molecule has 96 valence electrons. The van der Waals surface area contributed by atoms with Gasteiger partial charge in [0.2, 0.25) is 0 Å². The smallest absolute Gasteiger partial charge is 0.0900 e. The summed E-state index contributed by atoms with van der Waals surface area (Å²) < 4.78 is 0. The highest BCUT2D eigenvalue weighted by Crippen LogP contribution is 2.29. The van der Waals surface area contributed by atoms with Gasteiger partial charge in [-0.25, -0.2) is 4.98 Å². The Bertz CT molecular complexity index is 381. The third-order valence-corrected chi connectivity index (χ3v) is 4.89. The number of hydrogen-bond acceptors (Lipinski definition) is 4. The molecule has 0 saturated carbocycles. The van der Waals surface area contributed by atoms with Gasteiger partial charge in [0.25, 0.3) is 0 Å². The van der Waals surface area contributed by atoms with Crippen molar-refractivity contribution in [1.29, 1.82) is 0 Å². The maximum atomic E-state index is 4.50. The lowest BCUT2D eigenvalue weighted by Crippen LogP contribution is -2.25. The monoisotopic (exact) mass is 273 g/mol. The third-order valence-electron chi connectivity index (χ3n) is 3.83. The van der Waals surface area contributed by atoms with Crippen molar-refractivity contribution in [1.82, 2.24) is 15.2 Å². The van der Waals surface area contributed by atoms with Crippen LogP contribution in [0.3, 0.4) is 0 Å². The van der Waals surface area contributed by atoms with Crippen LogP contribution < -0.4 is 5.32 Å². The van der Waals surface area contributed by atoms with E-state index in [1.165, 1.54) is 41.8 Å². The Kier molecular flexibility index (Phi) is 4.08. The average molecular weight is 274 g/mol. The van der Waals surface area contributed by atoms with Gasteiger partial charge in [-0.05, 0) is 38.8 Å². The molecule has 0 bridgehead atoms. The minimum Gasteiger partial charge on any atom is -0.316 e. The van der Waals surface area contributed by atoms with Crippen molar-refractivity contribution in [2.75, 3.05) is 26.2 Å². The van der Waals surface area contributed by atoms with E-state index in [0.29, 0.717) is 0 Å². The lowest BCUT2D eigenvalue weighted by Gasteiger charge is -2.15. The number of nitrogens with one attached hydrogen (secondary N) is 1. The number of hydrogen-bond donors (Lipinski definition) is 1. The number of aromatic nitrogens is 1. The number of likely N-dealkylation sites (tertiary alicyclic amines) is 1. The largest absolute Gasteiger partial charge is 0.316 e. The van der Waals surface area contributed by atoms with Gasteiger partial charge in [0.15, 0.2) is 0 Å². The van der Waals surface area contributed by atoms with Gasteiger partial charge in [0.05, 0.1) is 10.7 Å². The van der Waals surface area contributed by atoms with Crippen molar-refractivity contribution in [3.05, 3.63) is 15.6 Å². The molecule has 3 heterocycles. The molecule has 3 rings (SSSR count). The van der Waals surface area contributed by atoms with Gasteiger partial charge in [-0.1, -0.05) is 0 Å². The summed E-state index contributed by atoms with van der Waals surface area (Å²) in [5.74, 6) is 1.80. The van der Waals surface area contributed by atoms with E-state index in [0.717, 1.165) is 18.4 Å². The van der Waals surface area contributed by atoms with Gasteiger partial charge in [-0.3, -0.25) is 4.90 Å². The first-order valence-corrected chi connectivity index (χ1v) is 6.90. The number of thiazole rings is 1. The number of rotatable bonds is 2. The highest BCUT2D eigenvalue weighted by molar-refractivity contribution is 7.11. The molecule has 2 saturated heterocycles. The Morgan fingerprint density at radius 1 is 1.29 bits per heavy atom. The van der Waals surface area contributed by atoms with Gasteiger partial charge in [-0.2, -0.15) is 0 Å². The molecule has 0 unspecified atom stereocenters. The average Bonchev–Trinajstić information content (AvgIpc) is 2.82. The van der Waals surface area contributed by atoms with Crippen LogP contribution in [0, 0.1) is 25.7 Å². The Morgan fingerprint density at radius 3 is 2.47 bits per heavy atom. The molecule has 0 spiro atoms. The Balaban J connectivity index is 0.00000108. The minimum atomic E-state index is 0. The Morgan fingerprint density at radius 2 is 1.94 bits per heavy atom. The van der Waals surface area contributed by atoms with Gasteiger partial charge in [0, 0.05) is 24.5 Å². The highest BCUT2D eigenvalue weighted by Gasteiger charge is 2.36. The normalized spacial score (nSPS) is 28.1. The van der Waals surface area contributed by atoms with Gasteiger partial charge >= 0.3 is 0 Å². The second-order valence-electron chi connectivity index (χ2n) is 5.11. The molecule has 2 fully saturated rings. The Hall–Kier alpha value is -0.160. The molecule has 2 atom stereocenters. The molecule has 0 aromatic carbocycles. The van der Waals surface area contributed by atoms with Crippen molar-refractivity contribution < 1.29 is 0 Å². The van der Waals surface area contributed by atoms with Crippen LogP contribution in [0.1, 0.15) is 15.6 Å². The van der Waals surface area contributed by atoms with Crippen molar-refractivity contribution in [3.63, 3.8) is 0 Å². The highest BCUT2D eigenvalue weighted by atomic mass is 35.5. The fraction of sp³-hybridized carbons (Fsp3) is 0.750. The molecule has 1 aromatic rings. The number of nitrogens with zero attached hydrogens (tertiary/aromatic N) is 2. The first-order valence-electron chi connectivity index (χ1n) is 6.08. The van der Waals surface area contributed by atoms with E-state index in [1.807, 2.05) is 11.3 Å². The number of halogens is 1. The molecule has 2 aliphatic rings. The summed E-state index contributed by atoms with van der Waals surface area (Å²) in [5, 5.41) is 4.69. The van der Waals surface area contributed by atoms with Crippen molar-refractivity contribution in [3.8, 4) is 0 Å². The zero-order valence-electron chi connectivity index (χ0n) is 10.4. The van der Waals surface area contributed by atoms with Gasteiger partial charge in [-0.15, -0.1) is 23.7 Å². The summed E-state index contributed by atoms with van der Waals surface area (Å²) in [6.45, 7) is 10.3. The molecule has 5 heteroatoms. The maximum Gasteiger partial charge on any atom is 0.0900 e. The van der Waals surface area contributed by atoms with Crippen LogP contribution in [-0.4, -0.2) is 36.1 Å². The van der Waals surface area contributed by atoms with Gasteiger partial charge < -0.3 is 5.32 Å². The fourth-order valence-electron chi connectivity index (χ4n) is 3.00. The number of aryl methyl sites for hydroxylation is 2. The van der Waals surface area contributed by atoms with E-state index in [4.69, 9.17) is 0 Å². The summed E-state index contributed by atoms with van der Waals surface area (Å²) in [5.41, 5.74) is 1.23. The fourth-order valence-corrected chi connectivity index (χ4v) is 3.98. The van der Waals surface area contributed by atoms with E-state index in [1.54, 1.807) is 0 Å². The van der Waals surface area contributed by atoms with Crippen LogP contribution in [0.5, 0.6) is 0 Å². The van der Waals surface area contributed by atoms with E-state index < -0.39 is 0 Å². The summed E-state index contributed by atoms with van der Waals surface area (Å²) in [6, 6.07) is 0. The van der Waals surface area contributed by atoms with E-state index in [2.05, 4.69) is 29.0 Å². The molecule has 17 heavy (non-hydrogen) atoms. The first kappa shape index (κ1) is 13.3. The van der Waals surface area contributed by atoms with Gasteiger partial charge in [0.1, 0.15) is 0 Å². The number of fused-ring (bicyclic) bond motifs is 1. The molecule has 2 aliphatic heterocycles. The van der Waals surface area contributed by atoms with E-state index in [-0.39, 0.29) is 12.4 Å². The second kappa shape index (κ2) is 5.22. The second-order valence-corrected chi connectivity index (χ2v) is 6.40. The molecule has 0 aliphatic carbocycles. The quantitative estimate of drug-likeness (QED) is 0.891. The summed E-state index contributed by atoms with van der Waals surface area (Å²) in [6.07, 6.45) is 0. The molecule has 0 radical (unpaired) electrons. The third kappa shape index (κ3) is 2.65. The summed E-state index contributed by atoms with van der Waals surface area (Å²) in [7, 11) is 0. The molecule has 0 amide bonds. The van der Waals surface area contributed by atoms with Crippen LogP contribution in [0.2, 0.25) is 0 Å². The molecular weight excluding hydrogens is 254 g/mol. The molecule has 3 nitrogen and oxygen atoms in total. The molecular formula is C12H20ClN3S. The first-order chi connectivity index (χ1) is 7.72. The summed E-state index contributed by atoms with van der Waals surface area (Å²) in [4.78, 5) is 8.58. The summed E-state index contributed by atoms with van der Waals surface area (Å²) >= 11 is 1.86. The Labute approximate surface area is 113 Å². The van der Waals surface area contributed by atoms with Crippen LogP contribution in [-0.2, 0) is 6.54 Å². The minimum absolute atomic E-state index is 0. The maximum absolute atomic E-state index is 4.50. The molecule has 1 aromatic heterocycles.